The van der Waals surface area contributed by atoms with Crippen LogP contribution in [0.25, 0.3) is 0 Å². The zero-order chi connectivity index (χ0) is 14.7. The van der Waals surface area contributed by atoms with Gasteiger partial charge in [-0.05, 0) is 47.2 Å². The van der Waals surface area contributed by atoms with Gasteiger partial charge in [-0.1, -0.05) is 11.6 Å². The topological polar surface area (TPSA) is 58.6 Å². The number of carbonyl (C=O) groups excluding carboxylic acids is 2. The second-order valence-electron chi connectivity index (χ2n) is 4.50. The van der Waals surface area contributed by atoms with Crippen molar-refractivity contribution in [3.63, 3.8) is 0 Å². The van der Waals surface area contributed by atoms with Gasteiger partial charge in [0.1, 0.15) is 0 Å². The summed E-state index contributed by atoms with van der Waals surface area (Å²) in [6.45, 7) is 1.09. The average Bonchev–Trinajstić information content (AvgIpc) is 2.89. The van der Waals surface area contributed by atoms with E-state index in [1.807, 2.05) is 6.07 Å². The molecule has 1 saturated heterocycles. The molecule has 1 aliphatic heterocycles. The minimum atomic E-state index is -0.471. The van der Waals surface area contributed by atoms with E-state index in [2.05, 4.69) is 32.6 Å². The second-order valence-corrected chi connectivity index (χ2v) is 6.07. The first kappa shape index (κ1) is 15.4. The standard InChI is InChI=1S/C13H14ClIN2O3/c1-20-13(19)16-9-4-5-17(7-9)12(18)8-2-3-11(15)10(14)6-8/h2-3,6,9H,4-5,7H2,1H3,(H,16,19). The summed E-state index contributed by atoms with van der Waals surface area (Å²) < 4.78 is 5.46. The summed E-state index contributed by atoms with van der Waals surface area (Å²) in [4.78, 5) is 25.2. The van der Waals surface area contributed by atoms with E-state index in [0.29, 0.717) is 23.7 Å². The monoisotopic (exact) mass is 408 g/mol. The molecule has 2 amide bonds. The zero-order valence-corrected chi connectivity index (χ0v) is 13.8. The highest BCUT2D eigenvalue weighted by molar-refractivity contribution is 14.1. The molecule has 0 spiro atoms. The van der Waals surface area contributed by atoms with Gasteiger partial charge in [0.05, 0.1) is 18.2 Å². The highest BCUT2D eigenvalue weighted by atomic mass is 127. The fourth-order valence-electron chi connectivity index (χ4n) is 2.10. The Morgan fingerprint density at radius 1 is 1.50 bits per heavy atom. The first-order valence-corrected chi connectivity index (χ1v) is 7.55. The number of likely N-dealkylation sites (tertiary alicyclic amines) is 1. The predicted molar refractivity (Wildman–Crippen MR) is 84.0 cm³/mol. The maximum Gasteiger partial charge on any atom is 0.407 e. The van der Waals surface area contributed by atoms with E-state index in [0.717, 1.165) is 9.99 Å². The summed E-state index contributed by atoms with van der Waals surface area (Å²) >= 11 is 8.14. The number of methoxy groups -OCH3 is 1. The molecule has 1 heterocycles. The lowest BCUT2D eigenvalue weighted by molar-refractivity contribution is 0.0788. The highest BCUT2D eigenvalue weighted by Gasteiger charge is 2.28. The predicted octanol–water partition coefficient (Wildman–Crippen LogP) is 2.52. The van der Waals surface area contributed by atoms with Gasteiger partial charge in [-0.2, -0.15) is 0 Å². The van der Waals surface area contributed by atoms with Crippen LogP contribution >= 0.6 is 34.2 Å². The molecule has 1 aromatic carbocycles. The second kappa shape index (κ2) is 6.62. The summed E-state index contributed by atoms with van der Waals surface area (Å²) in [5.41, 5.74) is 0.564. The number of alkyl carbamates (subject to hydrolysis) is 1. The number of ether oxygens (including phenoxy) is 1. The lowest BCUT2D eigenvalue weighted by Gasteiger charge is -2.17. The van der Waals surface area contributed by atoms with Gasteiger partial charge in [0.15, 0.2) is 0 Å². The van der Waals surface area contributed by atoms with Crippen LogP contribution in [0.2, 0.25) is 5.02 Å². The maximum atomic E-state index is 12.3. The Kier molecular flexibility index (Phi) is 5.09. The number of halogens is 2. The van der Waals surface area contributed by atoms with Crippen LogP contribution in [-0.4, -0.2) is 43.1 Å². The molecule has 5 nitrogen and oxygen atoms in total. The molecule has 1 unspecified atom stereocenters. The van der Waals surface area contributed by atoms with Gasteiger partial charge >= 0.3 is 6.09 Å². The van der Waals surface area contributed by atoms with Gasteiger partial charge in [-0.25, -0.2) is 4.79 Å². The fourth-order valence-corrected chi connectivity index (χ4v) is 2.62. The van der Waals surface area contributed by atoms with Gasteiger partial charge in [0.25, 0.3) is 5.91 Å². The number of benzene rings is 1. The Balaban J connectivity index is 2.00. The third-order valence-corrected chi connectivity index (χ3v) is 4.72. The lowest BCUT2D eigenvalue weighted by Crippen LogP contribution is -2.38. The molecular formula is C13H14ClIN2O3. The van der Waals surface area contributed by atoms with Crippen molar-refractivity contribution in [2.75, 3.05) is 20.2 Å². The number of amides is 2. The van der Waals surface area contributed by atoms with Crippen molar-refractivity contribution < 1.29 is 14.3 Å². The maximum absolute atomic E-state index is 12.3. The summed E-state index contributed by atoms with van der Waals surface area (Å²) in [5.74, 6) is -0.0718. The number of nitrogens with one attached hydrogen (secondary N) is 1. The van der Waals surface area contributed by atoms with E-state index in [-0.39, 0.29) is 11.9 Å². The van der Waals surface area contributed by atoms with Gasteiger partial charge in [0.2, 0.25) is 0 Å². The van der Waals surface area contributed by atoms with Crippen LogP contribution in [0, 0.1) is 3.57 Å². The largest absolute Gasteiger partial charge is 0.453 e. The number of hydrogen-bond acceptors (Lipinski definition) is 3. The van der Waals surface area contributed by atoms with Crippen molar-refractivity contribution in [1.82, 2.24) is 10.2 Å². The van der Waals surface area contributed by atoms with E-state index >= 15 is 0 Å². The third kappa shape index (κ3) is 3.54. The summed E-state index contributed by atoms with van der Waals surface area (Å²) in [5, 5.41) is 3.27. The molecule has 0 bridgehead atoms. The Labute approximate surface area is 135 Å². The summed E-state index contributed by atoms with van der Waals surface area (Å²) in [6, 6.07) is 5.19. The smallest absolute Gasteiger partial charge is 0.407 e. The zero-order valence-electron chi connectivity index (χ0n) is 10.9. The first-order valence-electron chi connectivity index (χ1n) is 6.10. The van der Waals surface area contributed by atoms with E-state index < -0.39 is 6.09 Å². The highest BCUT2D eigenvalue weighted by Crippen LogP contribution is 2.21. The number of hydrogen-bond donors (Lipinski definition) is 1. The van der Waals surface area contributed by atoms with Crippen molar-refractivity contribution in [3.05, 3.63) is 32.4 Å². The van der Waals surface area contributed by atoms with E-state index in [1.54, 1.807) is 17.0 Å². The van der Waals surface area contributed by atoms with Gasteiger partial charge in [-0.15, -0.1) is 0 Å². The Hall–Kier alpha value is -1.02. The molecule has 108 valence electrons. The quantitative estimate of drug-likeness (QED) is 0.765. The fraction of sp³-hybridized carbons (Fsp3) is 0.385. The molecule has 0 aliphatic carbocycles. The molecule has 7 heteroatoms. The Morgan fingerprint density at radius 3 is 2.90 bits per heavy atom. The SMILES string of the molecule is COC(=O)NC1CCN(C(=O)c2ccc(I)c(Cl)c2)C1. The molecule has 0 saturated carbocycles. The molecule has 1 aromatic rings. The molecule has 1 aliphatic rings. The van der Waals surface area contributed by atoms with Crippen LogP contribution in [-0.2, 0) is 4.74 Å². The van der Waals surface area contributed by atoms with Crippen LogP contribution in [0.1, 0.15) is 16.8 Å². The molecule has 1 atom stereocenters. The number of rotatable bonds is 2. The first-order chi connectivity index (χ1) is 9.51. The minimum Gasteiger partial charge on any atom is -0.453 e. The van der Waals surface area contributed by atoms with Crippen LogP contribution in [0.4, 0.5) is 4.79 Å². The van der Waals surface area contributed by atoms with Gasteiger partial charge in [-0.3, -0.25) is 4.79 Å². The van der Waals surface area contributed by atoms with Gasteiger partial charge in [0, 0.05) is 22.2 Å². The minimum absolute atomic E-state index is 0.0641. The van der Waals surface area contributed by atoms with E-state index in [9.17, 15) is 9.59 Å². The normalized spacial score (nSPS) is 17.9. The van der Waals surface area contributed by atoms with E-state index in [1.165, 1.54) is 7.11 Å². The van der Waals surface area contributed by atoms with E-state index in [4.69, 9.17) is 11.6 Å². The number of nitrogens with zero attached hydrogens (tertiary/aromatic N) is 1. The van der Waals surface area contributed by atoms with Crippen molar-refractivity contribution >= 4 is 46.2 Å². The van der Waals surface area contributed by atoms with Crippen molar-refractivity contribution in [1.29, 1.82) is 0 Å². The van der Waals surface area contributed by atoms with Crippen LogP contribution in [0.5, 0.6) is 0 Å². The van der Waals surface area contributed by atoms with Gasteiger partial charge < -0.3 is 15.0 Å². The van der Waals surface area contributed by atoms with Crippen LogP contribution in [0.15, 0.2) is 18.2 Å². The lowest BCUT2D eigenvalue weighted by atomic mass is 10.2. The third-order valence-electron chi connectivity index (χ3n) is 3.15. The molecular weight excluding hydrogens is 395 g/mol. The number of carbonyl (C=O) groups is 2. The van der Waals surface area contributed by atoms with Crippen molar-refractivity contribution in [2.24, 2.45) is 0 Å². The summed E-state index contributed by atoms with van der Waals surface area (Å²) in [7, 11) is 1.32. The van der Waals surface area contributed by atoms with Crippen LogP contribution in [0.3, 0.4) is 0 Å². The molecule has 0 aromatic heterocycles. The molecule has 20 heavy (non-hydrogen) atoms. The molecule has 1 N–H and O–H groups in total. The van der Waals surface area contributed by atoms with Crippen molar-refractivity contribution in [2.45, 2.75) is 12.5 Å². The Morgan fingerprint density at radius 2 is 2.25 bits per heavy atom. The molecule has 2 rings (SSSR count). The molecule has 1 fully saturated rings. The van der Waals surface area contributed by atoms with Crippen LogP contribution < -0.4 is 5.32 Å². The average molecular weight is 409 g/mol. The van der Waals surface area contributed by atoms with Crippen molar-refractivity contribution in [3.8, 4) is 0 Å². The summed E-state index contributed by atoms with van der Waals surface area (Å²) in [6.07, 6.45) is 0.250. The molecule has 0 radical (unpaired) electrons. The Bertz CT molecular complexity index is 538.